The van der Waals surface area contributed by atoms with Crippen LogP contribution >= 0.6 is 11.8 Å². The molecule has 1 unspecified atom stereocenters. The zero-order valence-electron chi connectivity index (χ0n) is 18.5. The first-order valence-electron chi connectivity index (χ1n) is 9.93. The van der Waals surface area contributed by atoms with Crippen LogP contribution in [0.15, 0.2) is 41.6 Å². The molecule has 0 radical (unpaired) electrons. The fourth-order valence-corrected chi connectivity index (χ4v) is 3.95. The SMILES string of the molecule is COc1ccc(OC)c(-n2nnnc2SC(C)C(=O)Nc2c(C)cccc2C(C)C)c1. The minimum Gasteiger partial charge on any atom is -0.497 e. The number of rotatable bonds is 8. The van der Waals surface area contributed by atoms with Crippen LogP contribution in [0.5, 0.6) is 11.5 Å². The molecular weight excluding hydrogens is 414 g/mol. The lowest BCUT2D eigenvalue weighted by atomic mass is 9.98. The van der Waals surface area contributed by atoms with Crippen LogP contribution in [0.2, 0.25) is 0 Å². The lowest BCUT2D eigenvalue weighted by Gasteiger charge is -2.18. The number of para-hydroxylation sites is 1. The summed E-state index contributed by atoms with van der Waals surface area (Å²) in [5, 5.41) is 15.1. The van der Waals surface area contributed by atoms with Gasteiger partial charge >= 0.3 is 0 Å². The fourth-order valence-electron chi connectivity index (χ4n) is 3.14. The molecule has 31 heavy (non-hydrogen) atoms. The number of tetrazole rings is 1. The van der Waals surface area contributed by atoms with Crippen LogP contribution in [-0.4, -0.2) is 45.6 Å². The van der Waals surface area contributed by atoms with E-state index in [1.165, 1.54) is 11.8 Å². The molecule has 1 heterocycles. The number of carbonyl (C=O) groups excluding carboxylic acids is 1. The number of aryl methyl sites for hydroxylation is 1. The summed E-state index contributed by atoms with van der Waals surface area (Å²) in [5.41, 5.74) is 3.63. The van der Waals surface area contributed by atoms with Crippen molar-refractivity contribution >= 4 is 23.4 Å². The van der Waals surface area contributed by atoms with Gasteiger partial charge in [-0.1, -0.05) is 43.8 Å². The van der Waals surface area contributed by atoms with Crippen LogP contribution < -0.4 is 14.8 Å². The second-order valence-corrected chi connectivity index (χ2v) is 8.66. The van der Waals surface area contributed by atoms with Gasteiger partial charge in [0.15, 0.2) is 0 Å². The van der Waals surface area contributed by atoms with E-state index in [1.807, 2.05) is 32.0 Å². The van der Waals surface area contributed by atoms with E-state index in [2.05, 4.69) is 34.7 Å². The van der Waals surface area contributed by atoms with Gasteiger partial charge in [0.2, 0.25) is 11.1 Å². The van der Waals surface area contributed by atoms with Crippen LogP contribution in [0, 0.1) is 6.92 Å². The molecule has 3 rings (SSSR count). The Labute approximate surface area is 186 Å². The third-order valence-electron chi connectivity index (χ3n) is 4.88. The number of ether oxygens (including phenoxy) is 2. The van der Waals surface area contributed by atoms with Gasteiger partial charge in [-0.05, 0) is 53.5 Å². The highest BCUT2D eigenvalue weighted by Gasteiger charge is 2.22. The molecule has 0 saturated carbocycles. The molecular formula is C22H27N5O3S. The second-order valence-electron chi connectivity index (χ2n) is 7.35. The molecule has 0 fully saturated rings. The van der Waals surface area contributed by atoms with Gasteiger partial charge in [0, 0.05) is 11.8 Å². The number of methoxy groups -OCH3 is 2. The molecule has 0 saturated heterocycles. The molecule has 8 nitrogen and oxygen atoms in total. The summed E-state index contributed by atoms with van der Waals surface area (Å²) in [6.07, 6.45) is 0. The number of hydrogen-bond acceptors (Lipinski definition) is 7. The molecule has 3 aromatic rings. The smallest absolute Gasteiger partial charge is 0.237 e. The Morgan fingerprint density at radius 3 is 2.58 bits per heavy atom. The molecule has 0 spiro atoms. The number of amides is 1. The van der Waals surface area contributed by atoms with E-state index in [0.717, 1.165) is 16.8 Å². The zero-order valence-corrected chi connectivity index (χ0v) is 19.4. The highest BCUT2D eigenvalue weighted by atomic mass is 32.2. The van der Waals surface area contributed by atoms with E-state index < -0.39 is 5.25 Å². The fraction of sp³-hybridized carbons (Fsp3) is 0.364. The third-order valence-corrected chi connectivity index (χ3v) is 5.91. The summed E-state index contributed by atoms with van der Waals surface area (Å²) >= 11 is 1.27. The van der Waals surface area contributed by atoms with E-state index in [0.29, 0.717) is 28.3 Å². The predicted octanol–water partition coefficient (Wildman–Crippen LogP) is 4.23. The first kappa shape index (κ1) is 22.6. The van der Waals surface area contributed by atoms with Crippen LogP contribution in [0.1, 0.15) is 37.8 Å². The third kappa shape index (κ3) is 4.99. The van der Waals surface area contributed by atoms with Crippen LogP contribution in [0.3, 0.4) is 0 Å². The number of carbonyl (C=O) groups is 1. The Balaban J connectivity index is 1.83. The van der Waals surface area contributed by atoms with Crippen LogP contribution in [-0.2, 0) is 4.79 Å². The molecule has 0 aliphatic heterocycles. The number of nitrogens with one attached hydrogen (secondary N) is 1. The minimum atomic E-state index is -0.430. The Morgan fingerprint density at radius 2 is 1.90 bits per heavy atom. The molecule has 1 aromatic heterocycles. The molecule has 0 bridgehead atoms. The van der Waals surface area contributed by atoms with Gasteiger partial charge < -0.3 is 14.8 Å². The monoisotopic (exact) mass is 441 g/mol. The average molecular weight is 442 g/mol. The predicted molar refractivity (Wildman–Crippen MR) is 121 cm³/mol. The maximum Gasteiger partial charge on any atom is 0.237 e. The molecule has 0 aliphatic rings. The van der Waals surface area contributed by atoms with E-state index in [-0.39, 0.29) is 5.91 Å². The van der Waals surface area contributed by atoms with Gasteiger partial charge in [0.05, 0.1) is 19.5 Å². The van der Waals surface area contributed by atoms with Crippen molar-refractivity contribution in [3.8, 4) is 17.2 Å². The summed E-state index contributed by atoms with van der Waals surface area (Å²) in [7, 11) is 3.16. The number of thioether (sulfide) groups is 1. The Hall–Kier alpha value is -3.07. The first-order valence-corrected chi connectivity index (χ1v) is 10.8. The standard InChI is InChI=1S/C22H27N5O3S/c1-13(2)17-9-7-8-14(3)20(17)23-21(28)15(4)31-22-24-25-26-27(22)18-12-16(29-5)10-11-19(18)30-6/h7-13,15H,1-6H3,(H,23,28). The van der Waals surface area contributed by atoms with Gasteiger partial charge in [-0.25, -0.2) is 0 Å². The van der Waals surface area contributed by atoms with Crippen molar-refractivity contribution in [3.05, 3.63) is 47.5 Å². The normalized spacial score (nSPS) is 12.0. The zero-order chi connectivity index (χ0) is 22.5. The van der Waals surface area contributed by atoms with Gasteiger partial charge in [-0.2, -0.15) is 4.68 Å². The van der Waals surface area contributed by atoms with E-state index >= 15 is 0 Å². The van der Waals surface area contributed by atoms with Crippen molar-refractivity contribution in [1.82, 2.24) is 20.2 Å². The number of hydrogen-bond donors (Lipinski definition) is 1. The topological polar surface area (TPSA) is 91.2 Å². The number of benzene rings is 2. The summed E-state index contributed by atoms with van der Waals surface area (Å²) in [5.74, 6) is 1.42. The van der Waals surface area contributed by atoms with Gasteiger partial charge in [0.25, 0.3) is 0 Å². The summed E-state index contributed by atoms with van der Waals surface area (Å²) in [6.45, 7) is 8.04. The van der Waals surface area contributed by atoms with Crippen molar-refractivity contribution in [2.45, 2.75) is 44.0 Å². The van der Waals surface area contributed by atoms with E-state index in [1.54, 1.807) is 37.1 Å². The molecule has 1 N–H and O–H groups in total. The molecule has 1 amide bonds. The van der Waals surface area contributed by atoms with E-state index in [9.17, 15) is 4.79 Å². The van der Waals surface area contributed by atoms with Crippen molar-refractivity contribution in [2.24, 2.45) is 0 Å². The maximum absolute atomic E-state index is 13.0. The minimum absolute atomic E-state index is 0.117. The number of anilines is 1. The van der Waals surface area contributed by atoms with Gasteiger partial charge in [0.1, 0.15) is 17.2 Å². The molecule has 2 aromatic carbocycles. The summed E-state index contributed by atoms with van der Waals surface area (Å²) in [4.78, 5) is 13.0. The average Bonchev–Trinajstić information content (AvgIpc) is 3.22. The van der Waals surface area contributed by atoms with Crippen LogP contribution in [0.25, 0.3) is 5.69 Å². The lowest BCUT2D eigenvalue weighted by molar-refractivity contribution is -0.115. The summed E-state index contributed by atoms with van der Waals surface area (Å²) < 4.78 is 12.3. The van der Waals surface area contributed by atoms with Gasteiger partial charge in [-0.3, -0.25) is 4.79 Å². The van der Waals surface area contributed by atoms with Crippen LogP contribution in [0.4, 0.5) is 5.69 Å². The lowest BCUT2D eigenvalue weighted by Crippen LogP contribution is -2.24. The highest BCUT2D eigenvalue weighted by Crippen LogP contribution is 2.32. The van der Waals surface area contributed by atoms with Crippen molar-refractivity contribution in [1.29, 1.82) is 0 Å². The van der Waals surface area contributed by atoms with Crippen molar-refractivity contribution in [2.75, 3.05) is 19.5 Å². The molecule has 9 heteroatoms. The maximum atomic E-state index is 13.0. The van der Waals surface area contributed by atoms with Crippen molar-refractivity contribution in [3.63, 3.8) is 0 Å². The first-order chi connectivity index (χ1) is 14.8. The quantitative estimate of drug-likeness (QED) is 0.523. The van der Waals surface area contributed by atoms with E-state index in [4.69, 9.17) is 9.47 Å². The Kier molecular flexibility index (Phi) is 7.17. The summed E-state index contributed by atoms with van der Waals surface area (Å²) in [6, 6.07) is 11.4. The molecule has 0 aliphatic carbocycles. The second kappa shape index (κ2) is 9.82. The molecule has 1 atom stereocenters. The number of nitrogens with zero attached hydrogens (tertiary/aromatic N) is 4. The Bertz CT molecular complexity index is 1070. The Morgan fingerprint density at radius 1 is 1.13 bits per heavy atom. The van der Waals surface area contributed by atoms with Gasteiger partial charge in [-0.15, -0.1) is 5.10 Å². The highest BCUT2D eigenvalue weighted by molar-refractivity contribution is 8.00. The largest absolute Gasteiger partial charge is 0.497 e. The number of aromatic nitrogens is 4. The molecule has 164 valence electrons. The van der Waals surface area contributed by atoms with Crippen molar-refractivity contribution < 1.29 is 14.3 Å².